The maximum Gasteiger partial charge on any atom is 0.294 e. The van der Waals surface area contributed by atoms with Crippen molar-refractivity contribution in [2.75, 3.05) is 16.9 Å². The Morgan fingerprint density at radius 1 is 1.46 bits per heavy atom. The van der Waals surface area contributed by atoms with Crippen LogP contribution in [0.3, 0.4) is 0 Å². The molecule has 0 saturated heterocycles. The molecule has 1 aromatic rings. The Balaban J connectivity index is 3.35. The standard InChI is InChI=1S/C6H8N4O3/c7-3-1-2-4(10(12)13)5(8)6(3)9-11/h1-2,9,11H,7-8H2. The first-order chi connectivity index (χ1) is 6.07. The van der Waals surface area contributed by atoms with E-state index in [2.05, 4.69) is 0 Å². The minimum atomic E-state index is -0.657. The summed E-state index contributed by atoms with van der Waals surface area (Å²) in [6, 6.07) is 2.46. The fraction of sp³-hybridized carbons (Fsp3) is 0. The van der Waals surface area contributed by atoms with Crippen LogP contribution in [0.2, 0.25) is 0 Å². The van der Waals surface area contributed by atoms with Gasteiger partial charge in [0, 0.05) is 6.07 Å². The van der Waals surface area contributed by atoms with Crippen LogP contribution in [0.25, 0.3) is 0 Å². The highest BCUT2D eigenvalue weighted by molar-refractivity contribution is 5.85. The molecule has 7 nitrogen and oxygen atoms in total. The van der Waals surface area contributed by atoms with Gasteiger partial charge in [-0.05, 0) is 6.07 Å². The predicted molar refractivity (Wildman–Crippen MR) is 47.3 cm³/mol. The Morgan fingerprint density at radius 3 is 2.54 bits per heavy atom. The Labute approximate surface area is 73.1 Å². The largest absolute Gasteiger partial charge is 0.397 e. The first kappa shape index (κ1) is 9.07. The number of nitrogens with zero attached hydrogens (tertiary/aromatic N) is 1. The SMILES string of the molecule is Nc1ccc([N+](=O)[O-])c(N)c1NO. The maximum absolute atomic E-state index is 10.4. The molecule has 0 radical (unpaired) electrons. The van der Waals surface area contributed by atoms with E-state index >= 15 is 0 Å². The lowest BCUT2D eigenvalue weighted by Crippen LogP contribution is -2.04. The molecule has 0 atom stereocenters. The Kier molecular flexibility index (Phi) is 2.20. The fourth-order valence-corrected chi connectivity index (χ4v) is 0.909. The van der Waals surface area contributed by atoms with Crippen LogP contribution in [0.4, 0.5) is 22.7 Å². The third-order valence-electron chi connectivity index (χ3n) is 1.56. The molecule has 0 bridgehead atoms. The van der Waals surface area contributed by atoms with Crippen molar-refractivity contribution < 1.29 is 10.1 Å². The zero-order chi connectivity index (χ0) is 10.0. The van der Waals surface area contributed by atoms with Crippen molar-refractivity contribution in [2.24, 2.45) is 0 Å². The molecule has 1 aromatic carbocycles. The average molecular weight is 184 g/mol. The van der Waals surface area contributed by atoms with E-state index in [1.165, 1.54) is 12.1 Å². The predicted octanol–water partition coefficient (Wildman–Crippen LogP) is 0.560. The van der Waals surface area contributed by atoms with Crippen LogP contribution in [0.5, 0.6) is 0 Å². The van der Waals surface area contributed by atoms with Crippen LogP contribution in [0, 0.1) is 10.1 Å². The molecule has 0 amide bonds. The Morgan fingerprint density at radius 2 is 2.08 bits per heavy atom. The second-order valence-corrected chi connectivity index (χ2v) is 2.33. The summed E-state index contributed by atoms with van der Waals surface area (Å²) in [5, 5.41) is 18.9. The lowest BCUT2D eigenvalue weighted by atomic mass is 10.2. The van der Waals surface area contributed by atoms with Gasteiger partial charge >= 0.3 is 0 Å². The van der Waals surface area contributed by atoms with E-state index in [4.69, 9.17) is 16.7 Å². The molecule has 0 aromatic heterocycles. The monoisotopic (exact) mass is 184 g/mol. The van der Waals surface area contributed by atoms with Crippen LogP contribution in [0.1, 0.15) is 0 Å². The van der Waals surface area contributed by atoms with Crippen LogP contribution >= 0.6 is 0 Å². The number of nitro groups is 1. The highest BCUT2D eigenvalue weighted by Gasteiger charge is 2.16. The van der Waals surface area contributed by atoms with Gasteiger partial charge in [-0.1, -0.05) is 0 Å². The number of anilines is 3. The lowest BCUT2D eigenvalue weighted by molar-refractivity contribution is -0.383. The van der Waals surface area contributed by atoms with Gasteiger partial charge in [-0.25, -0.2) is 0 Å². The van der Waals surface area contributed by atoms with E-state index in [1.807, 2.05) is 0 Å². The molecule has 1 rings (SSSR count). The molecule has 70 valence electrons. The number of rotatable bonds is 2. The van der Waals surface area contributed by atoms with Gasteiger partial charge < -0.3 is 11.5 Å². The molecule has 6 N–H and O–H groups in total. The van der Waals surface area contributed by atoms with Gasteiger partial charge in [-0.3, -0.25) is 20.8 Å². The molecule has 7 heteroatoms. The number of nitrogens with two attached hydrogens (primary N) is 2. The molecule has 0 heterocycles. The fourth-order valence-electron chi connectivity index (χ4n) is 0.909. The Bertz CT molecular complexity index is 352. The molecule has 0 fully saturated rings. The maximum atomic E-state index is 10.4. The second-order valence-electron chi connectivity index (χ2n) is 2.33. The summed E-state index contributed by atoms with van der Waals surface area (Å²) >= 11 is 0. The van der Waals surface area contributed by atoms with Crippen LogP contribution in [-0.2, 0) is 0 Å². The first-order valence-corrected chi connectivity index (χ1v) is 3.30. The summed E-state index contributed by atoms with van der Waals surface area (Å²) in [6.45, 7) is 0. The summed E-state index contributed by atoms with van der Waals surface area (Å²) in [5.41, 5.74) is 12.0. The lowest BCUT2D eigenvalue weighted by Gasteiger charge is -2.06. The van der Waals surface area contributed by atoms with Gasteiger partial charge in [0.1, 0.15) is 11.4 Å². The van der Waals surface area contributed by atoms with Crippen LogP contribution < -0.4 is 16.9 Å². The smallest absolute Gasteiger partial charge is 0.294 e. The van der Waals surface area contributed by atoms with Gasteiger partial charge in [0.15, 0.2) is 0 Å². The molecule has 13 heavy (non-hydrogen) atoms. The molecule has 0 unspecified atom stereocenters. The normalized spacial score (nSPS) is 9.62. The van der Waals surface area contributed by atoms with Crippen molar-refractivity contribution in [2.45, 2.75) is 0 Å². The van der Waals surface area contributed by atoms with Crippen LogP contribution in [0.15, 0.2) is 12.1 Å². The minimum absolute atomic E-state index is 0.0470. The van der Waals surface area contributed by atoms with E-state index in [0.717, 1.165) is 0 Å². The summed E-state index contributed by atoms with van der Waals surface area (Å²) in [7, 11) is 0. The molecular formula is C6H8N4O3. The number of nitrogens with one attached hydrogen (secondary N) is 1. The zero-order valence-corrected chi connectivity index (χ0v) is 6.52. The van der Waals surface area contributed by atoms with E-state index in [-0.39, 0.29) is 22.7 Å². The molecule has 0 saturated carbocycles. The summed E-state index contributed by atoms with van der Waals surface area (Å²) in [5.74, 6) is 0. The van der Waals surface area contributed by atoms with E-state index in [1.54, 1.807) is 5.48 Å². The summed E-state index contributed by atoms with van der Waals surface area (Å²) < 4.78 is 0. The number of nitrogen functional groups attached to an aromatic ring is 2. The zero-order valence-electron chi connectivity index (χ0n) is 6.52. The average Bonchev–Trinajstić information content (AvgIpc) is 2.04. The topological polar surface area (TPSA) is 127 Å². The third kappa shape index (κ3) is 1.44. The Hall–Kier alpha value is -2.02. The van der Waals surface area contributed by atoms with Gasteiger partial charge in [-0.2, -0.15) is 0 Å². The second kappa shape index (κ2) is 3.15. The number of nitro benzene ring substituents is 1. The van der Waals surface area contributed by atoms with Crippen molar-refractivity contribution in [1.29, 1.82) is 0 Å². The first-order valence-electron chi connectivity index (χ1n) is 3.30. The molecule has 0 spiro atoms. The van der Waals surface area contributed by atoms with Crippen molar-refractivity contribution in [3.05, 3.63) is 22.2 Å². The minimum Gasteiger partial charge on any atom is -0.397 e. The third-order valence-corrected chi connectivity index (χ3v) is 1.56. The van der Waals surface area contributed by atoms with Crippen molar-refractivity contribution in [3.8, 4) is 0 Å². The summed E-state index contributed by atoms with van der Waals surface area (Å²) in [4.78, 5) is 9.72. The van der Waals surface area contributed by atoms with Gasteiger partial charge in [-0.15, -0.1) is 0 Å². The van der Waals surface area contributed by atoms with Gasteiger partial charge in [0.2, 0.25) is 0 Å². The van der Waals surface area contributed by atoms with Crippen molar-refractivity contribution >= 4 is 22.7 Å². The van der Waals surface area contributed by atoms with E-state index in [0.29, 0.717) is 0 Å². The van der Waals surface area contributed by atoms with Gasteiger partial charge in [0.25, 0.3) is 5.69 Å². The van der Waals surface area contributed by atoms with Crippen molar-refractivity contribution in [3.63, 3.8) is 0 Å². The highest BCUT2D eigenvalue weighted by Crippen LogP contribution is 2.33. The van der Waals surface area contributed by atoms with Gasteiger partial charge in [0.05, 0.1) is 10.6 Å². The quantitative estimate of drug-likeness (QED) is 0.302. The molecule has 0 aliphatic carbocycles. The van der Waals surface area contributed by atoms with Crippen molar-refractivity contribution in [1.82, 2.24) is 0 Å². The number of benzene rings is 1. The van der Waals surface area contributed by atoms with Crippen LogP contribution in [-0.4, -0.2) is 10.1 Å². The van der Waals surface area contributed by atoms with E-state index in [9.17, 15) is 10.1 Å². The molecule has 0 aliphatic heterocycles. The molecular weight excluding hydrogens is 176 g/mol. The highest BCUT2D eigenvalue weighted by atomic mass is 16.6. The number of hydrogen-bond acceptors (Lipinski definition) is 6. The number of hydrogen-bond donors (Lipinski definition) is 4. The van der Waals surface area contributed by atoms with E-state index < -0.39 is 4.92 Å². The summed E-state index contributed by atoms with van der Waals surface area (Å²) in [6.07, 6.45) is 0. The molecule has 0 aliphatic rings.